The van der Waals surface area contributed by atoms with E-state index in [9.17, 15) is 0 Å². The molecule has 0 radical (unpaired) electrons. The first-order valence-corrected chi connectivity index (χ1v) is 9.77. The van der Waals surface area contributed by atoms with Crippen molar-refractivity contribution in [3.05, 3.63) is 70.8 Å². The van der Waals surface area contributed by atoms with Crippen molar-refractivity contribution in [2.75, 3.05) is 0 Å². The molecule has 0 fully saturated rings. The molecule has 0 bridgehead atoms. The molecule has 4 rings (SSSR count). The van der Waals surface area contributed by atoms with Crippen LogP contribution in [0, 0.1) is 5.41 Å². The molecule has 2 aromatic carbocycles. The second kappa shape index (κ2) is 6.65. The number of guanidine groups is 1. The smallest absolute Gasteiger partial charge is 0.219 e. The summed E-state index contributed by atoms with van der Waals surface area (Å²) in [5.74, 6) is 0.305. The first kappa shape index (κ1) is 19.1. The second-order valence-corrected chi connectivity index (χ2v) is 8.57. The summed E-state index contributed by atoms with van der Waals surface area (Å²) in [5, 5.41) is 8.36. The quantitative estimate of drug-likeness (QED) is 0.543. The van der Waals surface area contributed by atoms with E-state index in [0.29, 0.717) is 5.84 Å². The Morgan fingerprint density at radius 3 is 2.41 bits per heavy atom. The van der Waals surface area contributed by atoms with Crippen molar-refractivity contribution < 1.29 is 0 Å². The van der Waals surface area contributed by atoms with Crippen LogP contribution in [0.5, 0.6) is 0 Å². The zero-order valence-electron chi connectivity index (χ0n) is 17.0. The predicted octanol–water partition coefficient (Wildman–Crippen LogP) is 3.28. The molecular weight excluding hydrogens is 360 g/mol. The van der Waals surface area contributed by atoms with Crippen molar-refractivity contribution in [3.63, 3.8) is 0 Å². The minimum Gasteiger partial charge on any atom is -0.385 e. The van der Waals surface area contributed by atoms with Gasteiger partial charge in [-0.25, -0.2) is 9.98 Å². The Labute approximate surface area is 171 Å². The highest BCUT2D eigenvalue weighted by Crippen LogP contribution is 2.35. The van der Waals surface area contributed by atoms with Crippen LogP contribution in [0.1, 0.15) is 49.4 Å². The number of fused-ring (bicyclic) bond motifs is 1. The molecule has 6 heteroatoms. The highest BCUT2D eigenvalue weighted by Gasteiger charge is 2.46. The van der Waals surface area contributed by atoms with Crippen molar-refractivity contribution in [1.82, 2.24) is 0 Å². The third-order valence-corrected chi connectivity index (χ3v) is 5.59. The third kappa shape index (κ3) is 3.14. The number of aryl methyl sites for hydroxylation is 1. The number of hydrogen-bond donors (Lipinski definition) is 3. The Morgan fingerprint density at radius 2 is 1.76 bits per heavy atom. The van der Waals surface area contributed by atoms with Crippen LogP contribution < -0.4 is 11.5 Å². The van der Waals surface area contributed by atoms with E-state index in [4.69, 9.17) is 21.9 Å². The van der Waals surface area contributed by atoms with Gasteiger partial charge in [-0.1, -0.05) is 69.3 Å². The largest absolute Gasteiger partial charge is 0.385 e. The Balaban J connectivity index is 1.82. The average Bonchev–Trinajstić information content (AvgIpc) is 3.23. The number of hydrogen-bond acceptors (Lipinski definition) is 5. The van der Waals surface area contributed by atoms with Gasteiger partial charge < -0.3 is 11.5 Å². The van der Waals surface area contributed by atoms with Gasteiger partial charge in [0.1, 0.15) is 5.84 Å². The van der Waals surface area contributed by atoms with Gasteiger partial charge in [-0.2, -0.15) is 4.99 Å². The zero-order chi connectivity index (χ0) is 20.8. The molecule has 148 valence electrons. The van der Waals surface area contributed by atoms with Crippen LogP contribution in [-0.2, 0) is 17.4 Å². The van der Waals surface area contributed by atoms with Crippen molar-refractivity contribution in [1.29, 1.82) is 5.41 Å². The van der Waals surface area contributed by atoms with Gasteiger partial charge in [-0.3, -0.25) is 5.41 Å². The van der Waals surface area contributed by atoms with Gasteiger partial charge in [0.15, 0.2) is 5.84 Å². The molecule has 0 aromatic heterocycles. The molecule has 1 aliphatic heterocycles. The Bertz CT molecular complexity index is 1070. The molecule has 5 N–H and O–H groups in total. The second-order valence-electron chi connectivity index (χ2n) is 8.57. The normalized spacial score (nSPS) is 22.4. The fourth-order valence-corrected chi connectivity index (χ4v) is 3.93. The number of nitrogens with one attached hydrogen (secondary N) is 1. The van der Waals surface area contributed by atoms with Crippen LogP contribution in [0.15, 0.2) is 63.5 Å². The molecule has 0 amide bonds. The van der Waals surface area contributed by atoms with Gasteiger partial charge >= 0.3 is 0 Å². The SMILES string of the molecule is CC(C)(C)c1ccc(C2(C(=N)N)N=C(N)N=C2N=C2CCc3ccccc32)cc1. The number of benzene rings is 2. The summed E-state index contributed by atoms with van der Waals surface area (Å²) >= 11 is 0. The maximum Gasteiger partial charge on any atom is 0.219 e. The van der Waals surface area contributed by atoms with Crippen LogP contribution >= 0.6 is 0 Å². The lowest BCUT2D eigenvalue weighted by Crippen LogP contribution is -2.44. The number of aliphatic imine (C=N–C) groups is 3. The van der Waals surface area contributed by atoms with Crippen LogP contribution in [0.25, 0.3) is 0 Å². The van der Waals surface area contributed by atoms with Gasteiger partial charge in [0.05, 0.1) is 5.71 Å². The third-order valence-electron chi connectivity index (χ3n) is 5.59. The fourth-order valence-electron chi connectivity index (χ4n) is 3.93. The summed E-state index contributed by atoms with van der Waals surface area (Å²) < 4.78 is 0. The molecule has 1 aliphatic carbocycles. The maximum absolute atomic E-state index is 8.36. The summed E-state index contributed by atoms with van der Waals surface area (Å²) in [6.07, 6.45) is 1.75. The molecule has 2 aliphatic rings. The van der Waals surface area contributed by atoms with Crippen molar-refractivity contribution >= 4 is 23.3 Å². The summed E-state index contributed by atoms with van der Waals surface area (Å²) in [5.41, 5.74) is 16.0. The van der Waals surface area contributed by atoms with E-state index < -0.39 is 5.54 Å². The summed E-state index contributed by atoms with van der Waals surface area (Å²) in [6, 6.07) is 16.2. The number of nitrogens with two attached hydrogens (primary N) is 2. The first-order chi connectivity index (χ1) is 13.7. The fraction of sp³-hybridized carbons (Fsp3) is 0.304. The number of rotatable bonds is 2. The highest BCUT2D eigenvalue weighted by atomic mass is 15.2. The predicted molar refractivity (Wildman–Crippen MR) is 119 cm³/mol. The van der Waals surface area contributed by atoms with Crippen LogP contribution in [0.3, 0.4) is 0 Å². The molecule has 0 saturated heterocycles. The lowest BCUT2D eigenvalue weighted by molar-refractivity contribution is 0.589. The van der Waals surface area contributed by atoms with Gasteiger partial charge in [-0.15, -0.1) is 0 Å². The van der Waals surface area contributed by atoms with Crippen molar-refractivity contribution in [2.24, 2.45) is 26.4 Å². The van der Waals surface area contributed by atoms with Gasteiger partial charge in [-0.05, 0) is 40.5 Å². The van der Waals surface area contributed by atoms with E-state index in [1.165, 1.54) is 11.1 Å². The standard InChI is InChI=1S/C23H26N6/c1-22(2,3)15-9-11-16(12-10-15)23(19(24)25)20(28-21(26)29-23)27-18-13-8-14-6-4-5-7-17(14)18/h4-7,9-12H,8,13H2,1-3H3,(H3,24,25)(H2,26,29). The van der Waals surface area contributed by atoms with E-state index >= 15 is 0 Å². The van der Waals surface area contributed by atoms with E-state index in [-0.39, 0.29) is 17.2 Å². The van der Waals surface area contributed by atoms with Crippen LogP contribution in [0.2, 0.25) is 0 Å². The van der Waals surface area contributed by atoms with Crippen LogP contribution in [-0.4, -0.2) is 23.3 Å². The highest BCUT2D eigenvalue weighted by molar-refractivity contribution is 6.24. The minimum atomic E-state index is -1.29. The van der Waals surface area contributed by atoms with E-state index in [1.54, 1.807) is 0 Å². The molecule has 29 heavy (non-hydrogen) atoms. The van der Waals surface area contributed by atoms with E-state index in [2.05, 4.69) is 42.9 Å². The van der Waals surface area contributed by atoms with Crippen molar-refractivity contribution in [3.8, 4) is 0 Å². The lowest BCUT2D eigenvalue weighted by Gasteiger charge is -2.26. The maximum atomic E-state index is 8.36. The molecule has 6 nitrogen and oxygen atoms in total. The topological polar surface area (TPSA) is 113 Å². The summed E-state index contributed by atoms with van der Waals surface area (Å²) in [6.45, 7) is 6.47. The molecule has 1 unspecified atom stereocenters. The lowest BCUT2D eigenvalue weighted by atomic mass is 9.83. The summed E-state index contributed by atoms with van der Waals surface area (Å²) in [4.78, 5) is 13.7. The molecule has 2 aromatic rings. The van der Waals surface area contributed by atoms with Gasteiger partial charge in [0.2, 0.25) is 11.5 Å². The Morgan fingerprint density at radius 1 is 1.07 bits per heavy atom. The van der Waals surface area contributed by atoms with E-state index in [1.807, 2.05) is 36.4 Å². The minimum absolute atomic E-state index is 0.0184. The Hall–Kier alpha value is -3.28. The summed E-state index contributed by atoms with van der Waals surface area (Å²) in [7, 11) is 0. The monoisotopic (exact) mass is 386 g/mol. The zero-order valence-corrected chi connectivity index (χ0v) is 17.0. The van der Waals surface area contributed by atoms with Crippen molar-refractivity contribution in [2.45, 2.75) is 44.6 Å². The van der Waals surface area contributed by atoms with Gasteiger partial charge in [0, 0.05) is 0 Å². The molecule has 0 spiro atoms. The van der Waals surface area contributed by atoms with Gasteiger partial charge in [0.25, 0.3) is 0 Å². The number of nitrogens with zero attached hydrogens (tertiary/aromatic N) is 3. The Kier molecular flexibility index (Phi) is 4.37. The van der Waals surface area contributed by atoms with E-state index in [0.717, 1.165) is 29.7 Å². The molecule has 1 atom stereocenters. The molecule has 1 heterocycles. The first-order valence-electron chi connectivity index (χ1n) is 9.77. The molecular formula is C23H26N6. The molecule has 0 saturated carbocycles. The number of amidine groups is 2. The van der Waals surface area contributed by atoms with Crippen LogP contribution in [0.4, 0.5) is 0 Å². The average molecular weight is 387 g/mol.